The average molecular weight is 387 g/mol. The first kappa shape index (κ1) is 20.9. The van der Waals surface area contributed by atoms with Crippen LogP contribution in [0.3, 0.4) is 0 Å². The lowest BCUT2D eigenvalue weighted by atomic mass is 10.0. The Hall–Kier alpha value is -3.42. The Bertz CT molecular complexity index is 813. The van der Waals surface area contributed by atoms with Crippen LogP contribution in [0.4, 0.5) is 11.4 Å². The van der Waals surface area contributed by atoms with Gasteiger partial charge in [0.1, 0.15) is 17.5 Å². The van der Waals surface area contributed by atoms with Gasteiger partial charge in [0, 0.05) is 13.3 Å². The molecule has 0 saturated carbocycles. The molecule has 0 fully saturated rings. The van der Waals surface area contributed by atoms with Crippen LogP contribution in [0.5, 0.6) is 17.2 Å². The van der Waals surface area contributed by atoms with Crippen molar-refractivity contribution in [3.63, 3.8) is 0 Å². The molecule has 0 unspecified atom stereocenters. The number of hydrogen-bond acceptors (Lipinski definition) is 7. The Morgan fingerprint density at radius 3 is 2.14 bits per heavy atom. The number of methoxy groups -OCH3 is 1. The van der Waals surface area contributed by atoms with Gasteiger partial charge in [-0.2, -0.15) is 0 Å². The van der Waals surface area contributed by atoms with Gasteiger partial charge in [-0.3, -0.25) is 4.79 Å². The zero-order chi connectivity index (χ0) is 20.7. The summed E-state index contributed by atoms with van der Waals surface area (Å²) < 4.78 is 15.9. The molecular formula is C20H25N3O5. The van der Waals surface area contributed by atoms with Crippen molar-refractivity contribution in [2.45, 2.75) is 26.3 Å². The van der Waals surface area contributed by atoms with E-state index >= 15 is 0 Å². The minimum atomic E-state index is -0.829. The van der Waals surface area contributed by atoms with Gasteiger partial charge in [-0.05, 0) is 48.9 Å². The van der Waals surface area contributed by atoms with E-state index in [2.05, 4.69) is 5.32 Å². The SMILES string of the molecule is CCOC(=O)[C@H](Cc1cc(N)c(Oc2ccc(OC)cc2)c(N)c1)NC(C)=O. The smallest absolute Gasteiger partial charge is 0.328 e. The second-order valence-corrected chi connectivity index (χ2v) is 6.09. The number of nitrogens with two attached hydrogens (primary N) is 2. The summed E-state index contributed by atoms with van der Waals surface area (Å²) in [7, 11) is 1.58. The Kier molecular flexibility index (Phi) is 7.08. The molecule has 28 heavy (non-hydrogen) atoms. The number of esters is 1. The van der Waals surface area contributed by atoms with Crippen molar-refractivity contribution in [1.82, 2.24) is 5.32 Å². The Balaban J connectivity index is 2.20. The van der Waals surface area contributed by atoms with E-state index in [1.807, 2.05) is 0 Å². The van der Waals surface area contributed by atoms with Gasteiger partial charge >= 0.3 is 5.97 Å². The molecule has 2 aromatic rings. The fourth-order valence-electron chi connectivity index (χ4n) is 2.65. The largest absolute Gasteiger partial charge is 0.497 e. The molecule has 0 aliphatic rings. The van der Waals surface area contributed by atoms with Gasteiger partial charge in [0.2, 0.25) is 5.91 Å². The fourth-order valence-corrected chi connectivity index (χ4v) is 2.65. The second kappa shape index (κ2) is 9.50. The van der Waals surface area contributed by atoms with Crippen molar-refractivity contribution < 1.29 is 23.8 Å². The molecular weight excluding hydrogens is 362 g/mol. The Morgan fingerprint density at radius 1 is 1.07 bits per heavy atom. The monoisotopic (exact) mass is 387 g/mol. The Morgan fingerprint density at radius 2 is 1.64 bits per heavy atom. The maximum Gasteiger partial charge on any atom is 0.328 e. The highest BCUT2D eigenvalue weighted by atomic mass is 16.5. The van der Waals surface area contributed by atoms with Crippen LogP contribution in [0.2, 0.25) is 0 Å². The van der Waals surface area contributed by atoms with Gasteiger partial charge in [0.25, 0.3) is 0 Å². The molecule has 0 heterocycles. The quantitative estimate of drug-likeness (QED) is 0.468. The maximum atomic E-state index is 12.1. The summed E-state index contributed by atoms with van der Waals surface area (Å²) in [6.45, 7) is 3.25. The minimum absolute atomic E-state index is 0.190. The predicted molar refractivity (Wildman–Crippen MR) is 106 cm³/mol. The zero-order valence-electron chi connectivity index (χ0n) is 16.2. The normalized spacial score (nSPS) is 11.4. The van der Waals surface area contributed by atoms with Gasteiger partial charge in [-0.25, -0.2) is 4.79 Å². The number of carbonyl (C=O) groups excluding carboxylic acids is 2. The minimum Gasteiger partial charge on any atom is -0.497 e. The molecule has 8 heteroatoms. The van der Waals surface area contributed by atoms with Crippen LogP contribution < -0.4 is 26.3 Å². The molecule has 0 aliphatic heterocycles. The van der Waals surface area contributed by atoms with Gasteiger partial charge in [-0.1, -0.05) is 0 Å². The summed E-state index contributed by atoms with van der Waals surface area (Å²) in [6, 6.07) is 9.47. The van der Waals surface area contributed by atoms with E-state index in [1.165, 1.54) is 6.92 Å². The molecule has 1 atom stereocenters. The third kappa shape index (κ3) is 5.54. The number of benzene rings is 2. The van der Waals surface area contributed by atoms with Crippen LogP contribution in [-0.2, 0) is 20.7 Å². The van der Waals surface area contributed by atoms with Gasteiger partial charge in [-0.15, -0.1) is 0 Å². The van der Waals surface area contributed by atoms with Crippen LogP contribution in [-0.4, -0.2) is 31.6 Å². The summed E-state index contributed by atoms with van der Waals surface area (Å²) in [5.41, 5.74) is 13.5. The number of ether oxygens (including phenoxy) is 3. The van der Waals surface area contributed by atoms with Crippen molar-refractivity contribution in [3.8, 4) is 17.2 Å². The third-order valence-electron chi connectivity index (χ3n) is 3.87. The molecule has 1 amide bonds. The van der Waals surface area contributed by atoms with E-state index in [-0.39, 0.29) is 18.9 Å². The number of hydrogen-bond donors (Lipinski definition) is 3. The number of nitrogen functional groups attached to an aromatic ring is 2. The molecule has 0 spiro atoms. The molecule has 0 aliphatic carbocycles. The number of rotatable bonds is 8. The first-order valence-corrected chi connectivity index (χ1v) is 8.77. The fraction of sp³-hybridized carbons (Fsp3) is 0.300. The molecule has 0 aromatic heterocycles. The Labute approximate surface area is 163 Å². The maximum absolute atomic E-state index is 12.1. The van der Waals surface area contributed by atoms with E-state index in [0.717, 1.165) is 0 Å². The van der Waals surface area contributed by atoms with Crippen molar-refractivity contribution in [2.75, 3.05) is 25.2 Å². The van der Waals surface area contributed by atoms with E-state index < -0.39 is 12.0 Å². The zero-order valence-corrected chi connectivity index (χ0v) is 16.2. The van der Waals surface area contributed by atoms with Crippen LogP contribution in [0.1, 0.15) is 19.4 Å². The molecule has 0 radical (unpaired) electrons. The van der Waals surface area contributed by atoms with Gasteiger partial charge < -0.3 is 31.0 Å². The highest BCUT2D eigenvalue weighted by molar-refractivity contribution is 5.83. The van der Waals surface area contributed by atoms with Crippen molar-refractivity contribution >= 4 is 23.3 Å². The molecule has 2 rings (SSSR count). The third-order valence-corrected chi connectivity index (χ3v) is 3.87. The van der Waals surface area contributed by atoms with Crippen molar-refractivity contribution in [3.05, 3.63) is 42.0 Å². The topological polar surface area (TPSA) is 126 Å². The summed E-state index contributed by atoms with van der Waals surface area (Å²) in [5.74, 6) is 0.717. The second-order valence-electron chi connectivity index (χ2n) is 6.09. The lowest BCUT2D eigenvalue weighted by molar-refractivity contribution is -0.147. The molecule has 5 N–H and O–H groups in total. The molecule has 150 valence electrons. The molecule has 8 nitrogen and oxygen atoms in total. The van der Waals surface area contributed by atoms with Gasteiger partial charge in [0.05, 0.1) is 25.1 Å². The van der Waals surface area contributed by atoms with E-state index in [4.69, 9.17) is 25.7 Å². The van der Waals surface area contributed by atoms with Crippen molar-refractivity contribution in [2.24, 2.45) is 0 Å². The highest BCUT2D eigenvalue weighted by Gasteiger charge is 2.22. The molecule has 0 saturated heterocycles. The number of nitrogens with one attached hydrogen (secondary N) is 1. The van der Waals surface area contributed by atoms with Crippen LogP contribution in [0, 0.1) is 0 Å². The summed E-state index contributed by atoms with van der Waals surface area (Å²) in [6.07, 6.45) is 0.190. The molecule has 2 aromatic carbocycles. The standard InChI is InChI=1S/C20H25N3O5/c1-4-27-20(25)18(23-12(2)24)11-13-9-16(21)19(17(22)10-13)28-15-7-5-14(26-3)6-8-15/h5-10,18H,4,11,21-22H2,1-3H3,(H,23,24)/t18-/m0/s1. The first-order chi connectivity index (χ1) is 13.3. The van der Waals surface area contributed by atoms with E-state index in [0.29, 0.717) is 34.2 Å². The summed E-state index contributed by atoms with van der Waals surface area (Å²) >= 11 is 0. The number of anilines is 2. The predicted octanol–water partition coefficient (Wildman–Crippen LogP) is 2.26. The average Bonchev–Trinajstić information content (AvgIpc) is 2.64. The van der Waals surface area contributed by atoms with Crippen LogP contribution >= 0.6 is 0 Å². The van der Waals surface area contributed by atoms with Gasteiger partial charge in [0.15, 0.2) is 5.75 Å². The highest BCUT2D eigenvalue weighted by Crippen LogP contribution is 2.35. The van der Waals surface area contributed by atoms with Crippen molar-refractivity contribution in [1.29, 1.82) is 0 Å². The number of carbonyl (C=O) groups is 2. The van der Waals surface area contributed by atoms with Crippen LogP contribution in [0.15, 0.2) is 36.4 Å². The summed E-state index contributed by atoms with van der Waals surface area (Å²) in [4.78, 5) is 23.5. The first-order valence-electron chi connectivity index (χ1n) is 8.77. The van der Waals surface area contributed by atoms with E-state index in [1.54, 1.807) is 50.4 Å². The number of amides is 1. The lowest BCUT2D eigenvalue weighted by Crippen LogP contribution is -2.42. The summed E-state index contributed by atoms with van der Waals surface area (Å²) in [5, 5.41) is 2.58. The lowest BCUT2D eigenvalue weighted by Gasteiger charge is -2.18. The van der Waals surface area contributed by atoms with Crippen LogP contribution in [0.25, 0.3) is 0 Å². The molecule has 0 bridgehead atoms. The van der Waals surface area contributed by atoms with E-state index in [9.17, 15) is 9.59 Å².